The summed E-state index contributed by atoms with van der Waals surface area (Å²) in [5.41, 5.74) is 1.91. The molecule has 2 heterocycles. The Morgan fingerprint density at radius 1 is 1.15 bits per heavy atom. The molecule has 3 aromatic rings. The molecular weight excluding hydrogens is 384 g/mol. The lowest BCUT2D eigenvalue weighted by atomic mass is 10.2. The van der Waals surface area contributed by atoms with Crippen LogP contribution in [0.4, 0.5) is 0 Å². The summed E-state index contributed by atoms with van der Waals surface area (Å²) in [5.74, 6) is 0.256. The van der Waals surface area contributed by atoms with E-state index in [1.54, 1.807) is 23.1 Å². The van der Waals surface area contributed by atoms with Crippen LogP contribution in [0, 0.1) is 0 Å². The van der Waals surface area contributed by atoms with Crippen molar-refractivity contribution < 1.29 is 19.7 Å². The number of aliphatic hydroxyl groups is 2. The number of fused-ring (bicyclic) bond motifs is 2. The van der Waals surface area contributed by atoms with Crippen molar-refractivity contribution in [1.29, 1.82) is 0 Å². The molecule has 27 heavy (non-hydrogen) atoms. The molecule has 1 aliphatic heterocycles. The molecule has 0 amide bonds. The molecule has 0 radical (unpaired) electrons. The number of para-hydroxylation sites is 1. The number of ether oxygens (including phenoxy) is 2. The zero-order chi connectivity index (χ0) is 18.7. The molecule has 0 aliphatic carbocycles. The van der Waals surface area contributed by atoms with Gasteiger partial charge in [-0.2, -0.15) is 0 Å². The number of hydrogen-bond acceptors (Lipinski definition) is 8. The van der Waals surface area contributed by atoms with Crippen LogP contribution in [0.1, 0.15) is 18.4 Å². The fourth-order valence-electron chi connectivity index (χ4n) is 2.77. The van der Waals surface area contributed by atoms with Gasteiger partial charge in [-0.05, 0) is 36.2 Å². The highest BCUT2D eigenvalue weighted by atomic mass is 32.2. The largest absolute Gasteiger partial charge is 0.454 e. The summed E-state index contributed by atoms with van der Waals surface area (Å²) in [6, 6.07) is 13.6. The second kappa shape index (κ2) is 8.04. The Kier molecular flexibility index (Phi) is 5.51. The molecule has 0 saturated heterocycles. The van der Waals surface area contributed by atoms with E-state index in [4.69, 9.17) is 9.47 Å². The lowest BCUT2D eigenvalue weighted by Gasteiger charge is -2.23. The molecule has 1 aromatic heterocycles. The number of benzene rings is 2. The smallest absolute Gasteiger partial charge is 0.231 e. The van der Waals surface area contributed by atoms with E-state index < -0.39 is 5.91 Å². The Bertz CT molecular complexity index is 896. The van der Waals surface area contributed by atoms with Crippen LogP contribution in [0.5, 0.6) is 11.5 Å². The molecule has 0 saturated carbocycles. The molecule has 0 unspecified atom stereocenters. The van der Waals surface area contributed by atoms with E-state index in [0.29, 0.717) is 24.5 Å². The number of nitrogens with zero attached hydrogens (tertiary/aromatic N) is 1. The van der Waals surface area contributed by atoms with Gasteiger partial charge in [0, 0.05) is 18.7 Å². The maximum Gasteiger partial charge on any atom is 0.231 e. The fourth-order valence-corrected chi connectivity index (χ4v) is 4.85. The molecule has 2 aromatic carbocycles. The average molecular weight is 405 g/mol. The van der Waals surface area contributed by atoms with Gasteiger partial charge in [-0.3, -0.25) is 5.32 Å². The van der Waals surface area contributed by atoms with Gasteiger partial charge in [0.15, 0.2) is 15.8 Å². The molecule has 142 valence electrons. The van der Waals surface area contributed by atoms with Gasteiger partial charge in [0.05, 0.1) is 10.2 Å². The molecule has 4 rings (SSSR count). The summed E-state index contributed by atoms with van der Waals surface area (Å²) in [5, 5.41) is 23.1. The Labute approximate surface area is 165 Å². The SMILES string of the molecule is OC(O)(CCCSc1nc2ccccc2s1)NCc1ccc2c(c1)OCO2. The lowest BCUT2D eigenvalue weighted by Crippen LogP contribution is -2.44. The Balaban J connectivity index is 1.22. The van der Waals surface area contributed by atoms with Crippen molar-refractivity contribution in [3.63, 3.8) is 0 Å². The van der Waals surface area contributed by atoms with E-state index >= 15 is 0 Å². The zero-order valence-electron chi connectivity index (χ0n) is 14.6. The Hall–Kier alpha value is -1.84. The van der Waals surface area contributed by atoms with Crippen molar-refractivity contribution in [2.75, 3.05) is 12.5 Å². The zero-order valence-corrected chi connectivity index (χ0v) is 16.2. The minimum absolute atomic E-state index is 0.225. The standard InChI is InChI=1S/C19H20N2O4S2/c22-19(23,20-11-13-6-7-15-16(10-13)25-12-24-15)8-3-9-26-18-21-14-4-1-2-5-17(14)27-18/h1-2,4-7,10,20,22-23H,3,8-9,11-12H2. The predicted octanol–water partition coefficient (Wildman–Crippen LogP) is 3.33. The van der Waals surface area contributed by atoms with E-state index in [2.05, 4.69) is 16.4 Å². The number of aromatic nitrogens is 1. The first-order chi connectivity index (χ1) is 13.1. The first-order valence-electron chi connectivity index (χ1n) is 8.66. The highest BCUT2D eigenvalue weighted by Gasteiger charge is 2.22. The number of rotatable bonds is 8. The van der Waals surface area contributed by atoms with Crippen molar-refractivity contribution in [3.8, 4) is 11.5 Å². The number of hydrogen-bond donors (Lipinski definition) is 3. The topological polar surface area (TPSA) is 83.8 Å². The third-order valence-corrected chi connectivity index (χ3v) is 6.45. The number of nitrogens with one attached hydrogen (secondary N) is 1. The summed E-state index contributed by atoms with van der Waals surface area (Å²) < 4.78 is 12.8. The van der Waals surface area contributed by atoms with Crippen molar-refractivity contribution in [2.24, 2.45) is 0 Å². The van der Waals surface area contributed by atoms with Crippen molar-refractivity contribution >= 4 is 33.3 Å². The molecule has 8 heteroatoms. The summed E-state index contributed by atoms with van der Waals surface area (Å²) in [7, 11) is 0. The van der Waals surface area contributed by atoms with Crippen LogP contribution in [-0.4, -0.2) is 33.7 Å². The third kappa shape index (κ3) is 4.72. The van der Waals surface area contributed by atoms with Gasteiger partial charge < -0.3 is 19.7 Å². The van der Waals surface area contributed by atoms with Gasteiger partial charge in [-0.1, -0.05) is 30.0 Å². The molecule has 0 fully saturated rings. The van der Waals surface area contributed by atoms with Crippen LogP contribution >= 0.6 is 23.1 Å². The minimum Gasteiger partial charge on any atom is -0.454 e. The summed E-state index contributed by atoms with van der Waals surface area (Å²) >= 11 is 3.30. The van der Waals surface area contributed by atoms with Crippen LogP contribution in [0.3, 0.4) is 0 Å². The molecule has 1 aliphatic rings. The molecule has 6 nitrogen and oxygen atoms in total. The molecule has 0 spiro atoms. The maximum absolute atomic E-state index is 10.1. The molecular formula is C19H20N2O4S2. The average Bonchev–Trinajstić information content (AvgIpc) is 3.29. The predicted molar refractivity (Wildman–Crippen MR) is 106 cm³/mol. The van der Waals surface area contributed by atoms with Crippen LogP contribution in [0.25, 0.3) is 10.2 Å². The fraction of sp³-hybridized carbons (Fsp3) is 0.316. The van der Waals surface area contributed by atoms with Crippen LogP contribution in [0.15, 0.2) is 46.8 Å². The number of thiazole rings is 1. The lowest BCUT2D eigenvalue weighted by molar-refractivity contribution is -0.191. The van der Waals surface area contributed by atoms with Crippen LogP contribution < -0.4 is 14.8 Å². The summed E-state index contributed by atoms with van der Waals surface area (Å²) in [6.07, 6.45) is 0.886. The van der Waals surface area contributed by atoms with Gasteiger partial charge in [0.2, 0.25) is 12.7 Å². The highest BCUT2D eigenvalue weighted by molar-refractivity contribution is 8.01. The van der Waals surface area contributed by atoms with E-state index in [1.165, 1.54) is 4.70 Å². The molecule has 3 N–H and O–H groups in total. The summed E-state index contributed by atoms with van der Waals surface area (Å²) in [4.78, 5) is 4.57. The van der Waals surface area contributed by atoms with E-state index in [9.17, 15) is 10.2 Å². The van der Waals surface area contributed by atoms with Crippen molar-refractivity contribution in [2.45, 2.75) is 29.6 Å². The van der Waals surface area contributed by atoms with Crippen molar-refractivity contribution in [3.05, 3.63) is 48.0 Å². The number of thioether (sulfide) groups is 1. The molecule has 0 bridgehead atoms. The quantitative estimate of drug-likeness (QED) is 0.302. The van der Waals surface area contributed by atoms with Gasteiger partial charge in [-0.25, -0.2) is 4.98 Å². The van der Waals surface area contributed by atoms with Gasteiger partial charge >= 0.3 is 0 Å². The molecule has 0 atom stereocenters. The Morgan fingerprint density at radius 2 is 2.00 bits per heavy atom. The minimum atomic E-state index is -1.91. The van der Waals surface area contributed by atoms with E-state index in [-0.39, 0.29) is 13.2 Å². The van der Waals surface area contributed by atoms with Gasteiger partial charge in [-0.15, -0.1) is 11.3 Å². The first-order valence-corrected chi connectivity index (χ1v) is 10.5. The second-order valence-electron chi connectivity index (χ2n) is 6.26. The van der Waals surface area contributed by atoms with Crippen LogP contribution in [-0.2, 0) is 6.54 Å². The summed E-state index contributed by atoms with van der Waals surface area (Å²) in [6.45, 7) is 0.553. The third-order valence-electron chi connectivity index (χ3n) is 4.18. The first kappa shape index (κ1) is 18.5. The van der Waals surface area contributed by atoms with Gasteiger partial charge in [0.25, 0.3) is 0 Å². The maximum atomic E-state index is 10.1. The van der Waals surface area contributed by atoms with Gasteiger partial charge in [0.1, 0.15) is 0 Å². The van der Waals surface area contributed by atoms with Crippen molar-refractivity contribution in [1.82, 2.24) is 10.3 Å². The van der Waals surface area contributed by atoms with Crippen LogP contribution in [0.2, 0.25) is 0 Å². The monoisotopic (exact) mass is 404 g/mol. The Morgan fingerprint density at radius 3 is 2.89 bits per heavy atom. The van der Waals surface area contributed by atoms with E-state index in [0.717, 1.165) is 21.2 Å². The highest BCUT2D eigenvalue weighted by Crippen LogP contribution is 2.33. The second-order valence-corrected chi connectivity index (χ2v) is 8.63. The normalized spacial score (nSPS) is 13.4. The van der Waals surface area contributed by atoms with E-state index in [1.807, 2.05) is 36.4 Å².